The Morgan fingerprint density at radius 1 is 1.00 bits per heavy atom. The number of amides is 1. The fraction of sp³-hybridized carbons (Fsp3) is 0.409. The summed E-state index contributed by atoms with van der Waals surface area (Å²) in [6.45, 7) is 4.00. The zero-order valence-corrected chi connectivity index (χ0v) is 15.3. The highest BCUT2D eigenvalue weighted by molar-refractivity contribution is 5.64. The lowest BCUT2D eigenvalue weighted by Gasteiger charge is -2.40. The third-order valence-electron chi connectivity index (χ3n) is 5.42. The van der Waals surface area contributed by atoms with Crippen molar-refractivity contribution in [3.8, 4) is 0 Å². The summed E-state index contributed by atoms with van der Waals surface area (Å²) in [7, 11) is 0. The van der Waals surface area contributed by atoms with Crippen LogP contribution in [-0.2, 0) is 13.1 Å². The summed E-state index contributed by atoms with van der Waals surface area (Å²) < 4.78 is 0. The molecule has 0 spiro atoms. The molecule has 4 nitrogen and oxygen atoms in total. The van der Waals surface area contributed by atoms with E-state index in [0.717, 1.165) is 32.4 Å². The smallest absolute Gasteiger partial charge is 0.404 e. The number of rotatable bonds is 6. The van der Waals surface area contributed by atoms with Gasteiger partial charge in [0.05, 0.1) is 0 Å². The monoisotopic (exact) mass is 352 g/mol. The molecule has 2 aromatic carbocycles. The molecule has 0 radical (unpaired) electrons. The van der Waals surface area contributed by atoms with Crippen molar-refractivity contribution < 1.29 is 9.90 Å². The predicted molar refractivity (Wildman–Crippen MR) is 104 cm³/mol. The summed E-state index contributed by atoms with van der Waals surface area (Å²) in [5.74, 6) is 0.346. The highest BCUT2D eigenvalue weighted by Gasteiger charge is 2.31. The normalized spacial score (nSPS) is 22.9. The summed E-state index contributed by atoms with van der Waals surface area (Å²) in [4.78, 5) is 13.5. The summed E-state index contributed by atoms with van der Waals surface area (Å²) in [6.07, 6.45) is 2.03. The first-order valence-corrected chi connectivity index (χ1v) is 9.43. The molecule has 1 fully saturated rings. The number of benzene rings is 2. The van der Waals surface area contributed by atoms with E-state index in [1.54, 1.807) is 0 Å². The van der Waals surface area contributed by atoms with E-state index in [1.807, 2.05) is 0 Å². The average molecular weight is 352 g/mol. The molecule has 1 aliphatic rings. The molecule has 3 rings (SSSR count). The molecule has 0 aliphatic heterocycles. The molecular weight excluding hydrogens is 324 g/mol. The van der Waals surface area contributed by atoms with Gasteiger partial charge in [0.1, 0.15) is 0 Å². The van der Waals surface area contributed by atoms with Crippen LogP contribution >= 0.6 is 0 Å². The molecule has 138 valence electrons. The molecule has 2 aromatic rings. The summed E-state index contributed by atoms with van der Waals surface area (Å²) in [5, 5.41) is 11.7. The molecule has 0 aromatic heterocycles. The van der Waals surface area contributed by atoms with Crippen LogP contribution in [0.1, 0.15) is 37.3 Å². The van der Waals surface area contributed by atoms with E-state index in [1.165, 1.54) is 11.1 Å². The summed E-state index contributed by atoms with van der Waals surface area (Å²) >= 11 is 0. The Morgan fingerprint density at radius 3 is 2.00 bits per heavy atom. The topological polar surface area (TPSA) is 52.6 Å². The molecule has 0 bridgehead atoms. The third kappa shape index (κ3) is 5.09. The molecule has 0 heterocycles. The lowest BCUT2D eigenvalue weighted by molar-refractivity contribution is 0.0999. The largest absolute Gasteiger partial charge is 0.465 e. The van der Waals surface area contributed by atoms with E-state index in [0.29, 0.717) is 12.0 Å². The van der Waals surface area contributed by atoms with E-state index in [9.17, 15) is 4.79 Å². The van der Waals surface area contributed by atoms with Gasteiger partial charge in [-0.2, -0.15) is 0 Å². The molecule has 0 saturated heterocycles. The Kier molecular flexibility index (Phi) is 6.29. The second kappa shape index (κ2) is 8.86. The molecule has 2 N–H and O–H groups in total. The van der Waals surface area contributed by atoms with Crippen molar-refractivity contribution in [3.63, 3.8) is 0 Å². The van der Waals surface area contributed by atoms with Crippen molar-refractivity contribution in [1.82, 2.24) is 10.2 Å². The van der Waals surface area contributed by atoms with Gasteiger partial charge in [-0.3, -0.25) is 4.90 Å². The second-order valence-corrected chi connectivity index (χ2v) is 7.38. The second-order valence-electron chi connectivity index (χ2n) is 7.38. The van der Waals surface area contributed by atoms with Crippen LogP contribution in [0, 0.1) is 5.92 Å². The lowest BCUT2D eigenvalue weighted by atomic mass is 9.82. The molecule has 3 atom stereocenters. The highest BCUT2D eigenvalue weighted by atomic mass is 16.4. The molecule has 1 amide bonds. The first-order chi connectivity index (χ1) is 12.6. The Bertz CT molecular complexity index is 648. The molecular formula is C22H28N2O2. The van der Waals surface area contributed by atoms with Gasteiger partial charge in [-0.25, -0.2) is 4.79 Å². The number of carboxylic acid groups (broad SMARTS) is 1. The number of hydrogen-bond donors (Lipinski definition) is 2. The van der Waals surface area contributed by atoms with E-state index >= 15 is 0 Å². The number of hydrogen-bond acceptors (Lipinski definition) is 2. The standard InChI is InChI=1S/C22H28N2O2/c1-17-14-20(12-13-21(17)23-22(25)26)24(15-18-8-4-2-5-9-18)16-19-10-6-3-7-11-19/h2-11,17,20-21,23H,12-16H2,1H3,(H,25,26)/t17?,20-,21?/m0/s1. The van der Waals surface area contributed by atoms with Gasteiger partial charge in [-0.1, -0.05) is 67.6 Å². The van der Waals surface area contributed by atoms with Gasteiger partial charge >= 0.3 is 6.09 Å². The van der Waals surface area contributed by atoms with Crippen LogP contribution in [0.4, 0.5) is 4.79 Å². The first-order valence-electron chi connectivity index (χ1n) is 9.43. The van der Waals surface area contributed by atoms with Crippen molar-refractivity contribution in [2.45, 2.75) is 51.4 Å². The van der Waals surface area contributed by atoms with Crippen LogP contribution in [0.15, 0.2) is 60.7 Å². The molecule has 1 saturated carbocycles. The highest BCUT2D eigenvalue weighted by Crippen LogP contribution is 2.30. The van der Waals surface area contributed by atoms with Crippen LogP contribution in [-0.4, -0.2) is 28.2 Å². The average Bonchev–Trinajstić information content (AvgIpc) is 2.64. The summed E-state index contributed by atoms with van der Waals surface area (Å²) in [5.41, 5.74) is 2.64. The van der Waals surface area contributed by atoms with Crippen molar-refractivity contribution in [2.75, 3.05) is 0 Å². The fourth-order valence-electron chi connectivity index (χ4n) is 4.02. The van der Waals surface area contributed by atoms with Gasteiger partial charge in [0.15, 0.2) is 0 Å². The minimum Gasteiger partial charge on any atom is -0.465 e. The maximum Gasteiger partial charge on any atom is 0.404 e. The minimum absolute atomic E-state index is 0.0686. The Morgan fingerprint density at radius 2 is 1.54 bits per heavy atom. The molecule has 1 aliphatic carbocycles. The van der Waals surface area contributed by atoms with E-state index < -0.39 is 6.09 Å². The van der Waals surface area contributed by atoms with Crippen molar-refractivity contribution in [3.05, 3.63) is 71.8 Å². The zero-order valence-electron chi connectivity index (χ0n) is 15.3. The Hall–Kier alpha value is -2.33. The van der Waals surface area contributed by atoms with E-state index in [4.69, 9.17) is 5.11 Å². The van der Waals surface area contributed by atoms with Gasteiger partial charge in [0.2, 0.25) is 0 Å². The zero-order chi connectivity index (χ0) is 18.4. The number of nitrogens with zero attached hydrogens (tertiary/aromatic N) is 1. The third-order valence-corrected chi connectivity index (χ3v) is 5.42. The minimum atomic E-state index is -0.911. The van der Waals surface area contributed by atoms with Gasteiger partial charge < -0.3 is 10.4 Å². The lowest BCUT2D eigenvalue weighted by Crippen LogP contribution is -2.47. The van der Waals surface area contributed by atoms with Gasteiger partial charge in [-0.05, 0) is 36.3 Å². The molecule has 26 heavy (non-hydrogen) atoms. The number of carbonyl (C=O) groups is 1. The Balaban J connectivity index is 1.71. The maximum atomic E-state index is 11.0. The maximum absolute atomic E-state index is 11.0. The Labute approximate surface area is 155 Å². The number of nitrogens with one attached hydrogen (secondary N) is 1. The molecule has 4 heteroatoms. The van der Waals surface area contributed by atoms with E-state index in [-0.39, 0.29) is 6.04 Å². The van der Waals surface area contributed by atoms with Crippen molar-refractivity contribution in [2.24, 2.45) is 5.92 Å². The van der Waals surface area contributed by atoms with Crippen molar-refractivity contribution >= 4 is 6.09 Å². The van der Waals surface area contributed by atoms with Crippen LogP contribution < -0.4 is 5.32 Å². The van der Waals surface area contributed by atoms with Crippen LogP contribution in [0.5, 0.6) is 0 Å². The van der Waals surface area contributed by atoms with Crippen LogP contribution in [0.25, 0.3) is 0 Å². The van der Waals surface area contributed by atoms with Gasteiger partial charge in [-0.15, -0.1) is 0 Å². The quantitative estimate of drug-likeness (QED) is 0.804. The van der Waals surface area contributed by atoms with Gasteiger partial charge in [0.25, 0.3) is 0 Å². The first kappa shape index (κ1) is 18.5. The summed E-state index contributed by atoms with van der Waals surface area (Å²) in [6, 6.07) is 21.7. The van der Waals surface area contributed by atoms with Crippen LogP contribution in [0.3, 0.4) is 0 Å². The fourth-order valence-corrected chi connectivity index (χ4v) is 4.02. The SMILES string of the molecule is CC1C[C@@H](N(Cc2ccccc2)Cc2ccccc2)CCC1NC(=O)O. The molecule has 2 unspecified atom stereocenters. The van der Waals surface area contributed by atoms with Gasteiger partial charge in [0, 0.05) is 25.2 Å². The predicted octanol–water partition coefficient (Wildman–Crippen LogP) is 4.51. The van der Waals surface area contributed by atoms with E-state index in [2.05, 4.69) is 77.8 Å². The van der Waals surface area contributed by atoms with Crippen molar-refractivity contribution in [1.29, 1.82) is 0 Å². The van der Waals surface area contributed by atoms with Crippen LogP contribution in [0.2, 0.25) is 0 Å².